The SMILES string of the molecule is CCCNC(=O)[C@H](C)NC(=O)Cc1c(F)cccc1Cl. The monoisotopic (exact) mass is 300 g/mol. The van der Waals surface area contributed by atoms with Gasteiger partial charge in [0.25, 0.3) is 0 Å². The first-order valence-corrected chi connectivity index (χ1v) is 6.83. The molecule has 0 aliphatic rings. The molecule has 0 saturated carbocycles. The van der Waals surface area contributed by atoms with Gasteiger partial charge in [-0.1, -0.05) is 24.6 Å². The molecule has 1 atom stereocenters. The molecule has 20 heavy (non-hydrogen) atoms. The van der Waals surface area contributed by atoms with Gasteiger partial charge in [0.2, 0.25) is 11.8 Å². The lowest BCUT2D eigenvalue weighted by Gasteiger charge is -2.14. The highest BCUT2D eigenvalue weighted by Crippen LogP contribution is 2.19. The van der Waals surface area contributed by atoms with Crippen molar-refractivity contribution in [2.75, 3.05) is 6.54 Å². The molecule has 2 N–H and O–H groups in total. The zero-order valence-electron chi connectivity index (χ0n) is 11.5. The molecule has 0 saturated heterocycles. The minimum Gasteiger partial charge on any atom is -0.354 e. The number of hydrogen-bond acceptors (Lipinski definition) is 2. The van der Waals surface area contributed by atoms with Crippen molar-refractivity contribution in [3.8, 4) is 0 Å². The van der Waals surface area contributed by atoms with Crippen LogP contribution in [0.1, 0.15) is 25.8 Å². The number of nitrogens with one attached hydrogen (secondary N) is 2. The van der Waals surface area contributed by atoms with Crippen molar-refractivity contribution in [3.05, 3.63) is 34.6 Å². The van der Waals surface area contributed by atoms with Gasteiger partial charge in [-0.05, 0) is 25.5 Å². The van der Waals surface area contributed by atoms with Gasteiger partial charge in [0.05, 0.1) is 6.42 Å². The van der Waals surface area contributed by atoms with Crippen molar-refractivity contribution in [3.63, 3.8) is 0 Å². The Hall–Kier alpha value is -1.62. The summed E-state index contributed by atoms with van der Waals surface area (Å²) < 4.78 is 13.5. The van der Waals surface area contributed by atoms with Gasteiger partial charge in [-0.3, -0.25) is 9.59 Å². The lowest BCUT2D eigenvalue weighted by molar-refractivity contribution is -0.128. The lowest BCUT2D eigenvalue weighted by atomic mass is 10.1. The maximum absolute atomic E-state index is 13.5. The molecule has 1 aromatic rings. The fourth-order valence-corrected chi connectivity index (χ4v) is 1.85. The van der Waals surface area contributed by atoms with Crippen molar-refractivity contribution in [1.29, 1.82) is 0 Å². The number of amides is 2. The molecule has 0 bridgehead atoms. The van der Waals surface area contributed by atoms with Crippen LogP contribution in [0.3, 0.4) is 0 Å². The molecule has 0 spiro atoms. The highest BCUT2D eigenvalue weighted by molar-refractivity contribution is 6.31. The second-order valence-corrected chi connectivity index (χ2v) is 4.86. The minimum atomic E-state index is -0.667. The molecule has 4 nitrogen and oxygen atoms in total. The van der Waals surface area contributed by atoms with Crippen LogP contribution in [0.5, 0.6) is 0 Å². The van der Waals surface area contributed by atoms with Gasteiger partial charge in [-0.15, -0.1) is 0 Å². The summed E-state index contributed by atoms with van der Waals surface area (Å²) in [5.41, 5.74) is 0.132. The van der Waals surface area contributed by atoms with E-state index in [2.05, 4.69) is 10.6 Å². The molecule has 1 aromatic carbocycles. The Morgan fingerprint density at radius 3 is 2.70 bits per heavy atom. The van der Waals surface area contributed by atoms with Crippen molar-refractivity contribution in [2.24, 2.45) is 0 Å². The maximum atomic E-state index is 13.5. The number of carbonyl (C=O) groups excluding carboxylic acids is 2. The lowest BCUT2D eigenvalue weighted by Crippen LogP contribution is -2.45. The number of benzene rings is 1. The van der Waals surface area contributed by atoms with Crippen LogP contribution in [-0.2, 0) is 16.0 Å². The molecule has 110 valence electrons. The van der Waals surface area contributed by atoms with E-state index in [1.165, 1.54) is 18.2 Å². The van der Waals surface area contributed by atoms with E-state index in [0.717, 1.165) is 6.42 Å². The number of carbonyl (C=O) groups is 2. The van der Waals surface area contributed by atoms with Crippen LogP contribution >= 0.6 is 11.6 Å². The second kappa shape index (κ2) is 7.85. The standard InChI is InChI=1S/C14H18ClFN2O2/c1-3-7-17-14(20)9(2)18-13(19)8-10-11(15)5-4-6-12(10)16/h4-6,9H,3,7-8H2,1-2H3,(H,17,20)(H,18,19)/t9-/m0/s1. The van der Waals surface area contributed by atoms with Crippen LogP contribution in [0.25, 0.3) is 0 Å². The summed E-state index contributed by atoms with van der Waals surface area (Å²) in [6.07, 6.45) is 0.619. The maximum Gasteiger partial charge on any atom is 0.242 e. The number of rotatable bonds is 6. The summed E-state index contributed by atoms with van der Waals surface area (Å²) in [6, 6.07) is 3.57. The fourth-order valence-electron chi connectivity index (χ4n) is 1.62. The largest absolute Gasteiger partial charge is 0.354 e. The molecule has 0 fully saturated rings. The fraction of sp³-hybridized carbons (Fsp3) is 0.429. The molecular formula is C14H18ClFN2O2. The molecule has 0 radical (unpaired) electrons. The summed E-state index contributed by atoms with van der Waals surface area (Å²) in [4.78, 5) is 23.4. The second-order valence-electron chi connectivity index (χ2n) is 4.46. The van der Waals surface area contributed by atoms with E-state index >= 15 is 0 Å². The van der Waals surface area contributed by atoms with Crippen molar-refractivity contribution < 1.29 is 14.0 Å². The highest BCUT2D eigenvalue weighted by atomic mass is 35.5. The predicted octanol–water partition coefficient (Wildman–Crippen LogP) is 2.05. The first-order chi connectivity index (χ1) is 9.45. The van der Waals surface area contributed by atoms with Gasteiger partial charge in [0.1, 0.15) is 11.9 Å². The molecule has 0 aliphatic heterocycles. The third-order valence-corrected chi connectivity index (χ3v) is 3.07. The van der Waals surface area contributed by atoms with Crippen molar-refractivity contribution in [1.82, 2.24) is 10.6 Å². The normalized spacial score (nSPS) is 11.8. The molecule has 0 aliphatic carbocycles. The van der Waals surface area contributed by atoms with Crippen LogP contribution in [-0.4, -0.2) is 24.4 Å². The Kier molecular flexibility index (Phi) is 6.45. The predicted molar refractivity (Wildman–Crippen MR) is 76.0 cm³/mol. The number of hydrogen-bond donors (Lipinski definition) is 2. The van der Waals surface area contributed by atoms with Crippen LogP contribution in [0.15, 0.2) is 18.2 Å². The van der Waals surface area contributed by atoms with Crippen molar-refractivity contribution >= 4 is 23.4 Å². The molecule has 6 heteroatoms. The van der Waals surface area contributed by atoms with Crippen LogP contribution in [0, 0.1) is 5.82 Å². The molecule has 0 heterocycles. The first kappa shape index (κ1) is 16.4. The first-order valence-electron chi connectivity index (χ1n) is 6.45. The van der Waals surface area contributed by atoms with E-state index in [9.17, 15) is 14.0 Å². The van der Waals surface area contributed by atoms with Gasteiger partial charge in [-0.25, -0.2) is 4.39 Å². The van der Waals surface area contributed by atoms with E-state index in [4.69, 9.17) is 11.6 Å². The molecular weight excluding hydrogens is 283 g/mol. The van der Waals surface area contributed by atoms with Gasteiger partial charge < -0.3 is 10.6 Å². The quantitative estimate of drug-likeness (QED) is 0.845. The van der Waals surface area contributed by atoms with E-state index in [-0.39, 0.29) is 22.9 Å². The summed E-state index contributed by atoms with van der Waals surface area (Å²) >= 11 is 5.84. The van der Waals surface area contributed by atoms with E-state index in [0.29, 0.717) is 6.54 Å². The minimum absolute atomic E-state index is 0.132. The smallest absolute Gasteiger partial charge is 0.242 e. The van der Waals surface area contributed by atoms with E-state index in [1.807, 2.05) is 6.92 Å². The molecule has 0 aromatic heterocycles. The average Bonchev–Trinajstić information content (AvgIpc) is 2.40. The van der Waals surface area contributed by atoms with Gasteiger partial charge in [0, 0.05) is 17.1 Å². The average molecular weight is 301 g/mol. The number of halogens is 2. The Bertz CT molecular complexity index is 474. The summed E-state index contributed by atoms with van der Waals surface area (Å²) in [7, 11) is 0. The molecule has 1 rings (SSSR count). The topological polar surface area (TPSA) is 58.2 Å². The van der Waals surface area contributed by atoms with Gasteiger partial charge >= 0.3 is 0 Å². The Morgan fingerprint density at radius 1 is 1.40 bits per heavy atom. The van der Waals surface area contributed by atoms with Crippen LogP contribution < -0.4 is 10.6 Å². The third kappa shape index (κ3) is 4.81. The van der Waals surface area contributed by atoms with E-state index < -0.39 is 17.8 Å². The zero-order chi connectivity index (χ0) is 15.1. The van der Waals surface area contributed by atoms with E-state index in [1.54, 1.807) is 6.92 Å². The van der Waals surface area contributed by atoms with Crippen LogP contribution in [0.4, 0.5) is 4.39 Å². The third-order valence-electron chi connectivity index (χ3n) is 2.72. The Morgan fingerprint density at radius 2 is 2.10 bits per heavy atom. The highest BCUT2D eigenvalue weighted by Gasteiger charge is 2.17. The summed E-state index contributed by atoms with van der Waals surface area (Å²) in [5, 5.41) is 5.38. The molecule has 0 unspecified atom stereocenters. The Labute approximate surface area is 122 Å². The zero-order valence-corrected chi connectivity index (χ0v) is 12.3. The molecule has 2 amide bonds. The van der Waals surface area contributed by atoms with Gasteiger partial charge in [-0.2, -0.15) is 0 Å². The Balaban J connectivity index is 2.57. The summed E-state index contributed by atoms with van der Waals surface area (Å²) in [5.74, 6) is -1.24. The summed E-state index contributed by atoms with van der Waals surface area (Å²) in [6.45, 7) is 4.06. The van der Waals surface area contributed by atoms with Crippen LogP contribution in [0.2, 0.25) is 5.02 Å². The van der Waals surface area contributed by atoms with Crippen molar-refractivity contribution in [2.45, 2.75) is 32.7 Å². The van der Waals surface area contributed by atoms with Gasteiger partial charge in [0.15, 0.2) is 0 Å².